The molecule has 0 aliphatic heterocycles. The highest BCUT2D eigenvalue weighted by Crippen LogP contribution is 2.22. The summed E-state index contributed by atoms with van der Waals surface area (Å²) in [5.74, 6) is 1.22. The van der Waals surface area contributed by atoms with E-state index in [0.717, 1.165) is 5.56 Å². The maximum absolute atomic E-state index is 8.85. The number of nitrogens with two attached hydrogens (primary N) is 1. The fraction of sp³-hybridized carbons (Fsp3) is 0. The van der Waals surface area contributed by atoms with E-state index in [0.29, 0.717) is 17.1 Å². The van der Waals surface area contributed by atoms with Crippen molar-refractivity contribution in [3.8, 4) is 17.4 Å². The van der Waals surface area contributed by atoms with Crippen LogP contribution in [0, 0.1) is 11.3 Å². The Labute approximate surface area is 115 Å². The molecule has 5 nitrogen and oxygen atoms in total. The molecular formula is C13H10N4OS. The molecule has 0 spiro atoms. The highest BCUT2D eigenvalue weighted by molar-refractivity contribution is 7.80. The number of thiocarbonyl (C=S) groups is 1. The zero-order valence-electron chi connectivity index (χ0n) is 9.83. The standard InChI is InChI=1S/C13H10N4OS/c14-7-9-2-1-3-10(6-9)12-5-4-11(18-12)8-16-17-13(15)19/h1-6,8H,(H3,15,17,19)/b16-8+. The zero-order valence-corrected chi connectivity index (χ0v) is 10.6. The molecular weight excluding hydrogens is 260 g/mol. The van der Waals surface area contributed by atoms with Crippen LogP contribution in [0.2, 0.25) is 0 Å². The molecule has 0 unspecified atom stereocenters. The number of hydrogen-bond donors (Lipinski definition) is 2. The van der Waals surface area contributed by atoms with Gasteiger partial charge in [-0.2, -0.15) is 10.4 Å². The van der Waals surface area contributed by atoms with Crippen molar-refractivity contribution in [2.24, 2.45) is 10.8 Å². The molecule has 2 aromatic rings. The highest BCUT2D eigenvalue weighted by Gasteiger charge is 2.04. The Hall–Kier alpha value is -2.65. The van der Waals surface area contributed by atoms with Crippen molar-refractivity contribution >= 4 is 23.5 Å². The molecule has 1 aromatic heterocycles. The van der Waals surface area contributed by atoms with Gasteiger partial charge in [-0.05, 0) is 36.5 Å². The third kappa shape index (κ3) is 3.40. The SMILES string of the molecule is N#Cc1cccc(-c2ccc(/C=N/NC(N)=S)o2)c1. The second-order valence-electron chi connectivity index (χ2n) is 3.63. The lowest BCUT2D eigenvalue weighted by molar-refractivity contribution is 0.574. The van der Waals surface area contributed by atoms with Gasteiger partial charge >= 0.3 is 0 Å². The Balaban J connectivity index is 2.19. The molecule has 1 heterocycles. The molecule has 0 aliphatic carbocycles. The molecule has 0 bridgehead atoms. The van der Waals surface area contributed by atoms with Crippen LogP contribution in [0.5, 0.6) is 0 Å². The molecule has 0 saturated heterocycles. The van der Waals surface area contributed by atoms with Gasteiger partial charge in [-0.15, -0.1) is 0 Å². The quantitative estimate of drug-likeness (QED) is 0.506. The molecule has 0 fully saturated rings. The lowest BCUT2D eigenvalue weighted by atomic mass is 10.1. The van der Waals surface area contributed by atoms with Crippen LogP contribution in [0.25, 0.3) is 11.3 Å². The first kappa shape index (κ1) is 12.8. The fourth-order valence-corrected chi connectivity index (χ4v) is 1.53. The zero-order chi connectivity index (χ0) is 13.7. The van der Waals surface area contributed by atoms with Crippen molar-refractivity contribution in [1.29, 1.82) is 5.26 Å². The van der Waals surface area contributed by atoms with E-state index in [2.05, 4.69) is 28.8 Å². The number of nitrogens with zero attached hydrogens (tertiary/aromatic N) is 2. The fourth-order valence-electron chi connectivity index (χ4n) is 1.48. The third-order valence-corrected chi connectivity index (χ3v) is 2.36. The van der Waals surface area contributed by atoms with E-state index >= 15 is 0 Å². The highest BCUT2D eigenvalue weighted by atomic mass is 32.1. The normalized spacial score (nSPS) is 10.3. The molecule has 19 heavy (non-hydrogen) atoms. The number of hydrazone groups is 1. The van der Waals surface area contributed by atoms with E-state index in [4.69, 9.17) is 15.4 Å². The topological polar surface area (TPSA) is 87.3 Å². The monoisotopic (exact) mass is 270 g/mol. The number of nitrogens with one attached hydrogen (secondary N) is 1. The molecule has 0 radical (unpaired) electrons. The molecule has 2 rings (SSSR count). The summed E-state index contributed by atoms with van der Waals surface area (Å²) in [5, 5.41) is 12.7. The van der Waals surface area contributed by atoms with Crippen molar-refractivity contribution in [3.05, 3.63) is 47.7 Å². The predicted octanol–water partition coefficient (Wildman–Crippen LogP) is 1.99. The summed E-state index contributed by atoms with van der Waals surface area (Å²) in [6.45, 7) is 0. The second kappa shape index (κ2) is 5.80. The maximum atomic E-state index is 8.85. The number of hydrogen-bond acceptors (Lipinski definition) is 4. The molecule has 0 aliphatic rings. The lowest BCUT2D eigenvalue weighted by Crippen LogP contribution is -2.23. The van der Waals surface area contributed by atoms with E-state index in [-0.39, 0.29) is 5.11 Å². The van der Waals surface area contributed by atoms with Gasteiger partial charge in [0.05, 0.1) is 17.8 Å². The largest absolute Gasteiger partial charge is 0.455 e. The van der Waals surface area contributed by atoms with Crippen LogP contribution >= 0.6 is 12.2 Å². The first-order valence-corrected chi connectivity index (χ1v) is 5.79. The summed E-state index contributed by atoms with van der Waals surface area (Å²) in [7, 11) is 0. The van der Waals surface area contributed by atoms with E-state index in [1.807, 2.05) is 6.07 Å². The first-order chi connectivity index (χ1) is 9.19. The summed E-state index contributed by atoms with van der Waals surface area (Å²) in [4.78, 5) is 0. The summed E-state index contributed by atoms with van der Waals surface area (Å²) in [6.07, 6.45) is 1.47. The second-order valence-corrected chi connectivity index (χ2v) is 4.07. The van der Waals surface area contributed by atoms with Gasteiger partial charge in [0.15, 0.2) is 5.11 Å². The van der Waals surface area contributed by atoms with E-state index in [1.165, 1.54) is 6.21 Å². The molecule has 1 aromatic carbocycles. The van der Waals surface area contributed by atoms with Crippen molar-refractivity contribution in [2.75, 3.05) is 0 Å². The number of rotatable bonds is 3. The van der Waals surface area contributed by atoms with Gasteiger partial charge in [0, 0.05) is 5.56 Å². The molecule has 0 saturated carbocycles. The van der Waals surface area contributed by atoms with Gasteiger partial charge in [-0.3, -0.25) is 5.43 Å². The summed E-state index contributed by atoms with van der Waals surface area (Å²) < 4.78 is 5.57. The minimum absolute atomic E-state index is 0.0877. The minimum atomic E-state index is 0.0877. The average Bonchev–Trinajstić information content (AvgIpc) is 2.87. The van der Waals surface area contributed by atoms with Crippen LogP contribution in [0.3, 0.4) is 0 Å². The molecule has 3 N–H and O–H groups in total. The summed E-state index contributed by atoms with van der Waals surface area (Å²) in [5.41, 5.74) is 9.08. The van der Waals surface area contributed by atoms with Gasteiger partial charge in [0.25, 0.3) is 0 Å². The Morgan fingerprint density at radius 1 is 1.42 bits per heavy atom. The summed E-state index contributed by atoms with van der Waals surface area (Å²) >= 11 is 4.61. The van der Waals surface area contributed by atoms with Gasteiger partial charge in [0.2, 0.25) is 0 Å². The predicted molar refractivity (Wildman–Crippen MR) is 76.4 cm³/mol. The Kier molecular flexibility index (Phi) is 3.90. The smallest absolute Gasteiger partial charge is 0.184 e. The maximum Gasteiger partial charge on any atom is 0.184 e. The van der Waals surface area contributed by atoms with E-state index in [9.17, 15) is 0 Å². The van der Waals surface area contributed by atoms with E-state index < -0.39 is 0 Å². The number of nitriles is 1. The van der Waals surface area contributed by atoms with E-state index in [1.54, 1.807) is 30.3 Å². The minimum Gasteiger partial charge on any atom is -0.455 e. The number of furan rings is 1. The molecule has 0 atom stereocenters. The van der Waals surface area contributed by atoms with Crippen molar-refractivity contribution < 1.29 is 4.42 Å². The van der Waals surface area contributed by atoms with Crippen molar-refractivity contribution in [2.45, 2.75) is 0 Å². The first-order valence-electron chi connectivity index (χ1n) is 5.38. The Bertz CT molecular complexity index is 669. The average molecular weight is 270 g/mol. The van der Waals surface area contributed by atoms with Gasteiger partial charge in [-0.25, -0.2) is 0 Å². The van der Waals surface area contributed by atoms with Gasteiger partial charge in [-0.1, -0.05) is 12.1 Å². The third-order valence-electron chi connectivity index (χ3n) is 2.27. The Morgan fingerprint density at radius 3 is 3.00 bits per heavy atom. The van der Waals surface area contributed by atoms with Crippen LogP contribution < -0.4 is 11.2 Å². The van der Waals surface area contributed by atoms with Gasteiger partial charge in [0.1, 0.15) is 11.5 Å². The van der Waals surface area contributed by atoms with Crippen LogP contribution in [-0.2, 0) is 0 Å². The van der Waals surface area contributed by atoms with Crippen LogP contribution in [0.15, 0.2) is 45.9 Å². The lowest BCUT2D eigenvalue weighted by Gasteiger charge is -1.96. The van der Waals surface area contributed by atoms with Gasteiger partial charge < -0.3 is 10.2 Å². The number of benzene rings is 1. The summed E-state index contributed by atoms with van der Waals surface area (Å²) in [6, 6.07) is 12.8. The molecule has 94 valence electrons. The van der Waals surface area contributed by atoms with Crippen molar-refractivity contribution in [1.82, 2.24) is 5.43 Å². The van der Waals surface area contributed by atoms with Crippen molar-refractivity contribution in [3.63, 3.8) is 0 Å². The Morgan fingerprint density at radius 2 is 2.26 bits per heavy atom. The van der Waals surface area contributed by atoms with Crippen LogP contribution in [0.4, 0.5) is 0 Å². The van der Waals surface area contributed by atoms with Crippen LogP contribution in [0.1, 0.15) is 11.3 Å². The van der Waals surface area contributed by atoms with Crippen LogP contribution in [-0.4, -0.2) is 11.3 Å². The molecule has 6 heteroatoms. The molecule has 0 amide bonds.